The fraction of sp³-hybridized carbons (Fsp3) is 0.294. The number of hydrogen-bond donors (Lipinski definition) is 0. The quantitative estimate of drug-likeness (QED) is 0.867. The minimum absolute atomic E-state index is 0.100. The molecule has 0 aliphatic carbocycles. The number of Topliss-reactive ketones (excluding diaryl/α,β-unsaturated/α-hetero) is 1. The van der Waals surface area contributed by atoms with Crippen molar-refractivity contribution in [2.75, 3.05) is 27.2 Å². The minimum Gasteiger partial charge on any atom is -0.492 e. The van der Waals surface area contributed by atoms with E-state index in [4.69, 9.17) is 4.74 Å². The van der Waals surface area contributed by atoms with Crippen molar-refractivity contribution in [1.82, 2.24) is 9.88 Å². The fourth-order valence-corrected chi connectivity index (χ4v) is 2.62. The number of pyridine rings is 1. The molecule has 2 heterocycles. The Morgan fingerprint density at radius 3 is 2.86 bits per heavy atom. The number of ether oxygens (including phenoxy) is 1. The van der Waals surface area contributed by atoms with E-state index in [1.807, 2.05) is 49.3 Å². The molecule has 1 aliphatic heterocycles. The molecule has 0 saturated heterocycles. The average molecular weight is 282 g/mol. The van der Waals surface area contributed by atoms with Gasteiger partial charge in [-0.2, -0.15) is 0 Å². The van der Waals surface area contributed by atoms with Gasteiger partial charge in [0.1, 0.15) is 5.75 Å². The van der Waals surface area contributed by atoms with Crippen LogP contribution in [0.15, 0.2) is 42.7 Å². The highest BCUT2D eigenvalue weighted by molar-refractivity contribution is 6.02. The Kier molecular flexibility index (Phi) is 3.71. The van der Waals surface area contributed by atoms with Crippen molar-refractivity contribution >= 4 is 5.78 Å². The summed E-state index contributed by atoms with van der Waals surface area (Å²) < 4.78 is 5.74. The maximum absolute atomic E-state index is 12.6. The molecule has 0 N–H and O–H groups in total. The zero-order valence-electron chi connectivity index (χ0n) is 12.2. The Labute approximate surface area is 124 Å². The molecule has 108 valence electrons. The van der Waals surface area contributed by atoms with Crippen LogP contribution in [0.25, 0.3) is 11.1 Å². The van der Waals surface area contributed by atoms with E-state index in [2.05, 4.69) is 4.98 Å². The molecule has 2 aromatic rings. The van der Waals surface area contributed by atoms with Crippen molar-refractivity contribution in [2.45, 2.75) is 0 Å². The van der Waals surface area contributed by atoms with Crippen LogP contribution in [-0.4, -0.2) is 42.9 Å². The number of ketones is 1. The monoisotopic (exact) mass is 282 g/mol. The molecule has 21 heavy (non-hydrogen) atoms. The molecule has 1 aromatic heterocycles. The van der Waals surface area contributed by atoms with Crippen molar-refractivity contribution in [3.8, 4) is 16.9 Å². The third kappa shape index (κ3) is 2.81. The summed E-state index contributed by atoms with van der Waals surface area (Å²) in [7, 11) is 3.93. The standard InChI is InChI=1S/C17H18N2O2/c1-19(2)10-14-11-21-16-6-5-12(8-15(16)17(14)20)13-4-3-7-18-9-13/h3-9,14H,10-11H2,1-2H3. The summed E-state index contributed by atoms with van der Waals surface area (Å²) in [6.07, 6.45) is 3.54. The molecule has 1 atom stereocenters. The molecule has 3 rings (SSSR count). The number of aromatic nitrogens is 1. The zero-order valence-corrected chi connectivity index (χ0v) is 12.2. The van der Waals surface area contributed by atoms with Crippen LogP contribution in [-0.2, 0) is 0 Å². The van der Waals surface area contributed by atoms with Crippen molar-refractivity contribution in [1.29, 1.82) is 0 Å². The minimum atomic E-state index is -0.100. The van der Waals surface area contributed by atoms with Crippen LogP contribution in [0, 0.1) is 5.92 Å². The normalized spacial score (nSPS) is 17.5. The van der Waals surface area contributed by atoms with Gasteiger partial charge in [0, 0.05) is 24.5 Å². The van der Waals surface area contributed by atoms with Gasteiger partial charge >= 0.3 is 0 Å². The van der Waals surface area contributed by atoms with Gasteiger partial charge in [-0.25, -0.2) is 0 Å². The number of nitrogens with zero attached hydrogens (tertiary/aromatic N) is 2. The molecule has 0 bridgehead atoms. The van der Waals surface area contributed by atoms with Gasteiger partial charge in [0.25, 0.3) is 0 Å². The molecular weight excluding hydrogens is 264 g/mol. The first-order valence-corrected chi connectivity index (χ1v) is 7.01. The van der Waals surface area contributed by atoms with E-state index < -0.39 is 0 Å². The first kappa shape index (κ1) is 13.8. The van der Waals surface area contributed by atoms with E-state index in [9.17, 15) is 4.79 Å². The molecule has 0 radical (unpaired) electrons. The summed E-state index contributed by atoms with van der Waals surface area (Å²) in [5, 5.41) is 0. The van der Waals surface area contributed by atoms with E-state index in [1.165, 1.54) is 0 Å². The number of fused-ring (bicyclic) bond motifs is 1. The fourth-order valence-electron chi connectivity index (χ4n) is 2.62. The second-order valence-corrected chi connectivity index (χ2v) is 5.59. The van der Waals surface area contributed by atoms with Gasteiger partial charge in [0.05, 0.1) is 18.1 Å². The van der Waals surface area contributed by atoms with Gasteiger partial charge < -0.3 is 9.64 Å². The molecule has 0 fully saturated rings. The Balaban J connectivity index is 1.95. The van der Waals surface area contributed by atoms with Crippen LogP contribution in [0.3, 0.4) is 0 Å². The van der Waals surface area contributed by atoms with Crippen LogP contribution in [0.2, 0.25) is 0 Å². The van der Waals surface area contributed by atoms with Gasteiger partial charge in [0.2, 0.25) is 0 Å². The highest BCUT2D eigenvalue weighted by atomic mass is 16.5. The predicted octanol–water partition coefficient (Wildman–Crippen LogP) is 2.50. The van der Waals surface area contributed by atoms with Crippen molar-refractivity contribution < 1.29 is 9.53 Å². The lowest BCUT2D eigenvalue weighted by Gasteiger charge is -2.26. The molecule has 4 nitrogen and oxygen atoms in total. The predicted molar refractivity (Wildman–Crippen MR) is 81.5 cm³/mol. The summed E-state index contributed by atoms with van der Waals surface area (Å²) in [4.78, 5) is 18.8. The van der Waals surface area contributed by atoms with E-state index in [0.29, 0.717) is 24.5 Å². The Morgan fingerprint density at radius 2 is 2.14 bits per heavy atom. The number of carbonyl (C=O) groups excluding carboxylic acids is 1. The lowest BCUT2D eigenvalue weighted by atomic mass is 9.92. The van der Waals surface area contributed by atoms with Crippen LogP contribution in [0.5, 0.6) is 5.75 Å². The summed E-state index contributed by atoms with van der Waals surface area (Å²) >= 11 is 0. The van der Waals surface area contributed by atoms with Crippen molar-refractivity contribution in [2.24, 2.45) is 5.92 Å². The topological polar surface area (TPSA) is 42.4 Å². The summed E-state index contributed by atoms with van der Waals surface area (Å²) in [6, 6.07) is 9.63. The molecule has 0 amide bonds. The zero-order chi connectivity index (χ0) is 14.8. The first-order valence-electron chi connectivity index (χ1n) is 7.01. The van der Waals surface area contributed by atoms with E-state index in [-0.39, 0.29) is 11.7 Å². The van der Waals surface area contributed by atoms with Crippen LogP contribution < -0.4 is 4.74 Å². The molecule has 1 aromatic carbocycles. The van der Waals surface area contributed by atoms with Crippen LogP contribution in [0.4, 0.5) is 0 Å². The van der Waals surface area contributed by atoms with Gasteiger partial charge in [-0.3, -0.25) is 9.78 Å². The third-order valence-electron chi connectivity index (χ3n) is 3.64. The summed E-state index contributed by atoms with van der Waals surface area (Å²) in [5.41, 5.74) is 2.67. The molecule has 1 aliphatic rings. The maximum Gasteiger partial charge on any atom is 0.174 e. The van der Waals surface area contributed by atoms with Crippen LogP contribution >= 0.6 is 0 Å². The Hall–Kier alpha value is -2.20. The second kappa shape index (κ2) is 5.66. The number of carbonyl (C=O) groups is 1. The third-order valence-corrected chi connectivity index (χ3v) is 3.64. The van der Waals surface area contributed by atoms with E-state index in [0.717, 1.165) is 11.1 Å². The average Bonchev–Trinajstić information content (AvgIpc) is 2.50. The van der Waals surface area contributed by atoms with Crippen LogP contribution in [0.1, 0.15) is 10.4 Å². The molecule has 1 unspecified atom stereocenters. The molecule has 4 heteroatoms. The van der Waals surface area contributed by atoms with Gasteiger partial charge in [-0.05, 0) is 37.9 Å². The van der Waals surface area contributed by atoms with Gasteiger partial charge in [0.15, 0.2) is 5.78 Å². The summed E-state index contributed by atoms with van der Waals surface area (Å²) in [5.74, 6) is 0.745. The number of benzene rings is 1. The maximum atomic E-state index is 12.6. The van der Waals surface area contributed by atoms with Crippen molar-refractivity contribution in [3.63, 3.8) is 0 Å². The molecular formula is C17H18N2O2. The SMILES string of the molecule is CN(C)CC1COc2ccc(-c3cccnc3)cc2C1=O. The van der Waals surface area contributed by atoms with E-state index >= 15 is 0 Å². The number of hydrogen-bond acceptors (Lipinski definition) is 4. The first-order chi connectivity index (χ1) is 10.1. The second-order valence-electron chi connectivity index (χ2n) is 5.59. The van der Waals surface area contributed by atoms with E-state index in [1.54, 1.807) is 12.4 Å². The highest BCUT2D eigenvalue weighted by Gasteiger charge is 2.29. The lowest BCUT2D eigenvalue weighted by molar-refractivity contribution is 0.0796. The Bertz CT molecular complexity index is 653. The molecule has 0 spiro atoms. The van der Waals surface area contributed by atoms with Crippen molar-refractivity contribution in [3.05, 3.63) is 48.3 Å². The largest absolute Gasteiger partial charge is 0.492 e. The lowest BCUT2D eigenvalue weighted by Crippen LogP contribution is -2.35. The van der Waals surface area contributed by atoms with Gasteiger partial charge in [-0.1, -0.05) is 12.1 Å². The number of rotatable bonds is 3. The smallest absolute Gasteiger partial charge is 0.174 e. The molecule has 0 saturated carbocycles. The Morgan fingerprint density at radius 1 is 1.29 bits per heavy atom. The highest BCUT2D eigenvalue weighted by Crippen LogP contribution is 2.31. The summed E-state index contributed by atoms with van der Waals surface area (Å²) in [6.45, 7) is 1.16. The van der Waals surface area contributed by atoms with Gasteiger partial charge in [-0.15, -0.1) is 0 Å².